The predicted octanol–water partition coefficient (Wildman–Crippen LogP) is 4.90. The second-order valence-electron chi connectivity index (χ2n) is 10.5. The third-order valence-corrected chi connectivity index (χ3v) is 7.48. The van der Waals surface area contributed by atoms with Crippen molar-refractivity contribution < 1.29 is 13.9 Å². The Hall–Kier alpha value is -5.13. The minimum Gasteiger partial charge on any atom is -0.455 e. The highest BCUT2D eigenvalue weighted by Crippen LogP contribution is 2.33. The summed E-state index contributed by atoms with van der Waals surface area (Å²) in [4.78, 5) is 38.6. The third kappa shape index (κ3) is 4.84. The zero-order valence-electron chi connectivity index (χ0n) is 23.7. The predicted molar refractivity (Wildman–Crippen MR) is 159 cm³/mol. The number of carbonyl (C=O) groups is 1. The molecule has 0 saturated carbocycles. The van der Waals surface area contributed by atoms with Gasteiger partial charge >= 0.3 is 0 Å². The molecule has 0 spiro atoms. The minimum absolute atomic E-state index is 0.0270. The molecule has 1 aliphatic rings. The number of nitrogens with zero attached hydrogens (tertiary/aromatic N) is 8. The van der Waals surface area contributed by atoms with Crippen molar-refractivity contribution in [1.82, 2.24) is 34.4 Å². The molecule has 0 bridgehead atoms. The summed E-state index contributed by atoms with van der Waals surface area (Å²) >= 11 is 0. The molecular weight excluding hydrogens is 537 g/mol. The summed E-state index contributed by atoms with van der Waals surface area (Å²) in [5.74, 6) is 1.36. The first-order chi connectivity index (χ1) is 20.2. The number of fused-ring (bicyclic) bond motifs is 2. The van der Waals surface area contributed by atoms with Gasteiger partial charge in [-0.1, -0.05) is 6.58 Å². The van der Waals surface area contributed by atoms with E-state index in [2.05, 4.69) is 36.7 Å². The highest BCUT2D eigenvalue weighted by Gasteiger charge is 2.32. The Bertz CT molecular complexity index is 1830. The van der Waals surface area contributed by atoms with Gasteiger partial charge in [0.1, 0.15) is 34.7 Å². The summed E-state index contributed by atoms with van der Waals surface area (Å²) in [5.41, 5.74) is 3.09. The number of pyridine rings is 2. The number of rotatable bonds is 6. The monoisotopic (exact) mass is 567 g/mol. The molecule has 0 unspecified atom stereocenters. The van der Waals surface area contributed by atoms with E-state index in [9.17, 15) is 4.79 Å². The first-order valence-corrected chi connectivity index (χ1v) is 13.6. The molecule has 12 heteroatoms. The molecule has 1 aliphatic heterocycles. The van der Waals surface area contributed by atoms with Crippen molar-refractivity contribution in [3.8, 4) is 11.5 Å². The summed E-state index contributed by atoms with van der Waals surface area (Å²) in [5, 5.41) is 3.10. The average molecular weight is 568 g/mol. The number of halogens is 1. The molecule has 6 rings (SSSR count). The first kappa shape index (κ1) is 27.1. The van der Waals surface area contributed by atoms with Crippen molar-refractivity contribution in [3.05, 3.63) is 73.2 Å². The molecule has 0 aliphatic carbocycles. The van der Waals surface area contributed by atoms with E-state index in [-0.39, 0.29) is 23.7 Å². The number of hydrogen-bond acceptors (Lipinski definition) is 9. The van der Waals surface area contributed by atoms with Gasteiger partial charge in [-0.15, -0.1) is 0 Å². The van der Waals surface area contributed by atoms with Gasteiger partial charge < -0.3 is 24.4 Å². The van der Waals surface area contributed by atoms with Crippen molar-refractivity contribution >= 4 is 45.4 Å². The molecule has 42 heavy (non-hydrogen) atoms. The Kier molecular flexibility index (Phi) is 6.89. The summed E-state index contributed by atoms with van der Waals surface area (Å²) in [7, 11) is 1.86. The topological polar surface area (TPSA) is 114 Å². The Morgan fingerprint density at radius 3 is 2.64 bits per heavy atom. The van der Waals surface area contributed by atoms with Crippen molar-refractivity contribution in [1.29, 1.82) is 0 Å². The van der Waals surface area contributed by atoms with Gasteiger partial charge in [-0.05, 0) is 51.1 Å². The lowest BCUT2D eigenvalue weighted by molar-refractivity contribution is -0.130. The quantitative estimate of drug-likeness (QED) is 0.286. The van der Waals surface area contributed by atoms with E-state index in [1.807, 2.05) is 42.5 Å². The fourth-order valence-electron chi connectivity index (χ4n) is 5.43. The lowest BCUT2D eigenvalue weighted by atomic mass is 10.1. The van der Waals surface area contributed by atoms with Crippen molar-refractivity contribution in [2.75, 3.05) is 23.3 Å². The van der Waals surface area contributed by atoms with E-state index >= 15 is 4.39 Å². The van der Waals surface area contributed by atoms with E-state index in [1.54, 1.807) is 37.6 Å². The van der Waals surface area contributed by atoms with E-state index in [4.69, 9.17) is 9.72 Å². The maximum atomic E-state index is 15.6. The highest BCUT2D eigenvalue weighted by molar-refractivity contribution is 5.89. The molecular formula is C30H30FN9O2. The molecule has 1 N–H and O–H groups in total. The molecule has 11 nitrogen and oxygen atoms in total. The zero-order chi connectivity index (χ0) is 29.5. The van der Waals surface area contributed by atoms with Crippen LogP contribution in [-0.4, -0.2) is 65.5 Å². The van der Waals surface area contributed by atoms with Crippen LogP contribution in [0.4, 0.5) is 21.7 Å². The maximum Gasteiger partial charge on any atom is 0.246 e. The Morgan fingerprint density at radius 2 is 1.88 bits per heavy atom. The van der Waals surface area contributed by atoms with Crippen LogP contribution in [0.1, 0.15) is 19.4 Å². The average Bonchev–Trinajstić information content (AvgIpc) is 3.35. The van der Waals surface area contributed by atoms with Gasteiger partial charge in [0.15, 0.2) is 17.3 Å². The van der Waals surface area contributed by atoms with Crippen LogP contribution in [0.2, 0.25) is 0 Å². The number of carbonyl (C=O) groups excluding carboxylic acids is 1. The second kappa shape index (κ2) is 10.7. The van der Waals surface area contributed by atoms with E-state index in [1.165, 1.54) is 12.4 Å². The van der Waals surface area contributed by atoms with E-state index in [0.717, 1.165) is 11.5 Å². The van der Waals surface area contributed by atoms with Crippen LogP contribution in [0, 0.1) is 12.7 Å². The van der Waals surface area contributed by atoms with Crippen LogP contribution in [0.25, 0.3) is 22.2 Å². The maximum absolute atomic E-state index is 15.6. The summed E-state index contributed by atoms with van der Waals surface area (Å²) in [6.45, 7) is 10.5. The Balaban J connectivity index is 1.26. The zero-order valence-corrected chi connectivity index (χ0v) is 23.7. The molecule has 1 amide bonds. The second-order valence-corrected chi connectivity index (χ2v) is 10.5. The number of ether oxygens (including phenoxy) is 1. The van der Waals surface area contributed by atoms with Gasteiger partial charge in [0.25, 0.3) is 0 Å². The summed E-state index contributed by atoms with van der Waals surface area (Å²) < 4.78 is 23.4. The number of hydrogen-bond donors (Lipinski definition) is 1. The van der Waals surface area contributed by atoms with Crippen LogP contribution in [-0.2, 0) is 11.8 Å². The molecule has 214 valence electrons. The lowest BCUT2D eigenvalue weighted by Crippen LogP contribution is -2.58. The number of imidazole rings is 1. The van der Waals surface area contributed by atoms with Gasteiger partial charge in [0.05, 0.1) is 23.7 Å². The summed E-state index contributed by atoms with van der Waals surface area (Å²) in [6, 6.07) is 8.77. The minimum atomic E-state index is -0.479. The van der Waals surface area contributed by atoms with Gasteiger partial charge in [-0.3, -0.25) is 4.79 Å². The third-order valence-electron chi connectivity index (χ3n) is 7.48. The number of aromatic nitrogens is 6. The molecule has 4 aromatic heterocycles. The van der Waals surface area contributed by atoms with Crippen molar-refractivity contribution in [2.24, 2.45) is 7.05 Å². The Labute approximate surface area is 241 Å². The molecule has 1 fully saturated rings. The summed E-state index contributed by atoms with van der Waals surface area (Å²) in [6.07, 6.45) is 6.03. The van der Waals surface area contributed by atoms with Crippen molar-refractivity contribution in [2.45, 2.75) is 32.9 Å². The highest BCUT2D eigenvalue weighted by atomic mass is 19.1. The molecule has 5 heterocycles. The number of aryl methyl sites for hydroxylation is 1. The van der Waals surface area contributed by atoms with Crippen LogP contribution < -0.4 is 15.0 Å². The number of benzene rings is 1. The fourth-order valence-corrected chi connectivity index (χ4v) is 5.43. The smallest absolute Gasteiger partial charge is 0.246 e. The van der Waals surface area contributed by atoms with Crippen molar-refractivity contribution in [3.63, 3.8) is 0 Å². The largest absolute Gasteiger partial charge is 0.455 e. The number of amides is 1. The van der Waals surface area contributed by atoms with Crippen LogP contribution in [0.5, 0.6) is 11.5 Å². The fraction of sp³-hybridized carbons (Fsp3) is 0.267. The molecule has 2 atom stereocenters. The van der Waals surface area contributed by atoms with Gasteiger partial charge in [-0.25, -0.2) is 29.3 Å². The molecule has 5 aromatic rings. The first-order valence-electron chi connectivity index (χ1n) is 13.6. The van der Waals surface area contributed by atoms with Crippen LogP contribution in [0.3, 0.4) is 0 Å². The van der Waals surface area contributed by atoms with Gasteiger partial charge in [0.2, 0.25) is 5.91 Å². The van der Waals surface area contributed by atoms with Gasteiger partial charge in [-0.2, -0.15) is 0 Å². The van der Waals surface area contributed by atoms with E-state index in [0.29, 0.717) is 52.5 Å². The van der Waals surface area contributed by atoms with Crippen LogP contribution in [0.15, 0.2) is 61.8 Å². The standard InChI is InChI=1S/C30H30FN9O2/c1-6-26(41)40-17(2)13-39(14-18(40)3)25-10-8-22-28(37-25)29(34-15-33-22)36-21-7-9-24(19(4)27(21)31)42-20-11-23-30(32-12-20)38(5)16-35-23/h6-12,15-18H,1,13-14H2,2-5H3,(H,33,34,36)/t17-,18+. The number of anilines is 3. The van der Waals surface area contributed by atoms with E-state index < -0.39 is 5.82 Å². The normalized spacial score (nSPS) is 17.1. The number of nitrogens with one attached hydrogen (secondary N) is 1. The Morgan fingerprint density at radius 1 is 1.10 bits per heavy atom. The van der Waals surface area contributed by atoms with Gasteiger partial charge in [0, 0.05) is 43.9 Å². The lowest BCUT2D eigenvalue weighted by Gasteiger charge is -2.44. The molecule has 1 aromatic carbocycles. The molecule has 1 saturated heterocycles. The number of piperazine rings is 1. The molecule has 0 radical (unpaired) electrons. The SMILES string of the molecule is C=CC(=O)N1[C@H](C)CN(c2ccc3ncnc(Nc4ccc(Oc5cnc6c(c5)ncn6C)c(C)c4F)c3n2)C[C@@H]1C. The van der Waals surface area contributed by atoms with Crippen LogP contribution >= 0.6 is 0 Å².